The number of carbonyl (C=O) groups excluding carboxylic acids is 2. The Kier molecular flexibility index (Phi) is 6.95. The van der Waals surface area contributed by atoms with E-state index >= 15 is 0 Å². The lowest BCUT2D eigenvalue weighted by atomic mass is 10.1. The molecule has 0 radical (unpaired) electrons. The first-order valence-electron chi connectivity index (χ1n) is 8.10. The number of hydrogen-bond acceptors (Lipinski definition) is 4. The van der Waals surface area contributed by atoms with E-state index in [0.717, 1.165) is 29.8 Å². The van der Waals surface area contributed by atoms with Gasteiger partial charge in [0.25, 0.3) is 0 Å². The molecular formula is C19H22N2O3. The van der Waals surface area contributed by atoms with Crippen molar-refractivity contribution in [2.24, 2.45) is 0 Å². The fourth-order valence-corrected chi connectivity index (χ4v) is 2.23. The maximum Gasteiger partial charge on any atom is 0.226 e. The van der Waals surface area contributed by atoms with Gasteiger partial charge in [-0.3, -0.25) is 19.9 Å². The number of benzene rings is 1. The van der Waals surface area contributed by atoms with Gasteiger partial charge in [0, 0.05) is 24.7 Å². The van der Waals surface area contributed by atoms with Gasteiger partial charge in [-0.15, -0.1) is 0 Å². The summed E-state index contributed by atoms with van der Waals surface area (Å²) in [6.07, 6.45) is 4.95. The van der Waals surface area contributed by atoms with Crippen molar-refractivity contribution < 1.29 is 14.3 Å². The zero-order valence-corrected chi connectivity index (χ0v) is 13.8. The topological polar surface area (TPSA) is 68.3 Å². The van der Waals surface area contributed by atoms with Crippen LogP contribution in [0.25, 0.3) is 0 Å². The number of amides is 2. The minimum atomic E-state index is -0.271. The number of hydrogen-bond donors (Lipinski definition) is 1. The van der Waals surface area contributed by atoms with Crippen LogP contribution in [0.15, 0.2) is 42.6 Å². The first-order valence-corrected chi connectivity index (χ1v) is 8.10. The van der Waals surface area contributed by atoms with Crippen molar-refractivity contribution in [2.75, 3.05) is 6.61 Å². The van der Waals surface area contributed by atoms with Gasteiger partial charge in [-0.25, -0.2) is 0 Å². The van der Waals surface area contributed by atoms with Crippen LogP contribution in [-0.4, -0.2) is 23.9 Å². The summed E-state index contributed by atoms with van der Waals surface area (Å²) >= 11 is 0. The predicted octanol–water partition coefficient (Wildman–Crippen LogP) is 2.47. The SMILES string of the molecule is CCc1ccc(CCOc2ccc(CCC(=O)NC=O)cc2)nc1. The zero-order valence-electron chi connectivity index (χ0n) is 13.8. The van der Waals surface area contributed by atoms with E-state index in [2.05, 4.69) is 23.3 Å². The molecule has 5 nitrogen and oxygen atoms in total. The van der Waals surface area contributed by atoms with E-state index in [4.69, 9.17) is 4.74 Å². The quantitative estimate of drug-likeness (QED) is 0.719. The molecule has 0 saturated carbocycles. The molecule has 0 aliphatic rings. The number of carbonyl (C=O) groups is 2. The van der Waals surface area contributed by atoms with Crippen LogP contribution in [0.3, 0.4) is 0 Å². The third-order valence-electron chi connectivity index (χ3n) is 3.71. The highest BCUT2D eigenvalue weighted by Crippen LogP contribution is 2.14. The molecule has 1 heterocycles. The van der Waals surface area contributed by atoms with Crippen LogP contribution in [0.4, 0.5) is 0 Å². The van der Waals surface area contributed by atoms with E-state index in [1.54, 1.807) is 0 Å². The van der Waals surface area contributed by atoms with Crippen molar-refractivity contribution in [1.82, 2.24) is 10.3 Å². The van der Waals surface area contributed by atoms with Gasteiger partial charge in [0.05, 0.1) is 6.61 Å². The van der Waals surface area contributed by atoms with Gasteiger partial charge in [-0.05, 0) is 42.2 Å². The third kappa shape index (κ3) is 5.83. The van der Waals surface area contributed by atoms with Gasteiger partial charge in [0.1, 0.15) is 5.75 Å². The van der Waals surface area contributed by atoms with Crippen LogP contribution >= 0.6 is 0 Å². The maximum atomic E-state index is 11.2. The minimum absolute atomic E-state index is 0.271. The fraction of sp³-hybridized carbons (Fsp3) is 0.316. The van der Waals surface area contributed by atoms with Crippen molar-refractivity contribution in [3.05, 3.63) is 59.4 Å². The molecule has 0 bridgehead atoms. The fourth-order valence-electron chi connectivity index (χ4n) is 2.23. The van der Waals surface area contributed by atoms with Crippen molar-refractivity contribution >= 4 is 12.3 Å². The Labute approximate surface area is 142 Å². The molecule has 1 aromatic carbocycles. The molecule has 0 unspecified atom stereocenters. The van der Waals surface area contributed by atoms with E-state index in [1.165, 1.54) is 5.56 Å². The number of aromatic nitrogens is 1. The Morgan fingerprint density at radius 1 is 1.12 bits per heavy atom. The Balaban J connectivity index is 1.74. The first kappa shape index (κ1) is 17.7. The number of rotatable bonds is 9. The predicted molar refractivity (Wildman–Crippen MR) is 91.8 cm³/mol. The summed E-state index contributed by atoms with van der Waals surface area (Å²) in [5.41, 5.74) is 3.28. The Morgan fingerprint density at radius 3 is 2.50 bits per heavy atom. The molecule has 0 spiro atoms. The van der Waals surface area contributed by atoms with Crippen LogP contribution in [-0.2, 0) is 28.9 Å². The van der Waals surface area contributed by atoms with Crippen LogP contribution in [0, 0.1) is 0 Å². The molecule has 5 heteroatoms. The molecule has 2 rings (SSSR count). The minimum Gasteiger partial charge on any atom is -0.493 e. The summed E-state index contributed by atoms with van der Waals surface area (Å²) < 4.78 is 5.72. The second-order valence-electron chi connectivity index (χ2n) is 5.44. The lowest BCUT2D eigenvalue weighted by Crippen LogP contribution is -2.21. The second-order valence-corrected chi connectivity index (χ2v) is 5.44. The smallest absolute Gasteiger partial charge is 0.226 e. The zero-order chi connectivity index (χ0) is 17.2. The Hall–Kier alpha value is -2.69. The molecule has 1 N–H and O–H groups in total. The van der Waals surface area contributed by atoms with Crippen LogP contribution in [0.2, 0.25) is 0 Å². The molecule has 0 atom stereocenters. The van der Waals surface area contributed by atoms with Crippen molar-refractivity contribution in [1.29, 1.82) is 0 Å². The highest BCUT2D eigenvalue weighted by molar-refractivity contribution is 5.85. The number of nitrogens with one attached hydrogen (secondary N) is 1. The number of aryl methyl sites for hydroxylation is 2. The number of nitrogens with zero attached hydrogens (tertiary/aromatic N) is 1. The average molecular weight is 326 g/mol. The molecular weight excluding hydrogens is 304 g/mol. The van der Waals surface area contributed by atoms with E-state index in [0.29, 0.717) is 25.9 Å². The molecule has 0 aliphatic heterocycles. The second kappa shape index (κ2) is 9.45. The van der Waals surface area contributed by atoms with E-state index in [9.17, 15) is 9.59 Å². The Bertz CT molecular complexity index is 651. The standard InChI is InChI=1S/C19H22N2O3/c1-2-15-3-7-17(20-13-15)11-12-24-18-8-4-16(5-9-18)6-10-19(23)21-14-22/h3-5,7-9,13-14H,2,6,10-12H2,1H3,(H,21,22,23). The molecule has 24 heavy (non-hydrogen) atoms. The first-order chi connectivity index (χ1) is 11.7. The molecule has 0 aliphatic carbocycles. The summed E-state index contributed by atoms with van der Waals surface area (Å²) in [5.74, 6) is 0.521. The van der Waals surface area contributed by atoms with E-state index in [-0.39, 0.29) is 5.91 Å². The van der Waals surface area contributed by atoms with Gasteiger partial charge in [0.2, 0.25) is 12.3 Å². The Morgan fingerprint density at radius 2 is 1.88 bits per heavy atom. The molecule has 0 saturated heterocycles. The highest BCUT2D eigenvalue weighted by Gasteiger charge is 2.02. The average Bonchev–Trinajstić information content (AvgIpc) is 2.62. The summed E-state index contributed by atoms with van der Waals surface area (Å²) in [6.45, 7) is 2.68. The van der Waals surface area contributed by atoms with Gasteiger partial charge in [-0.1, -0.05) is 25.1 Å². The molecule has 1 aromatic heterocycles. The monoisotopic (exact) mass is 326 g/mol. The number of imide groups is 1. The molecule has 2 amide bonds. The number of pyridine rings is 1. The van der Waals surface area contributed by atoms with Crippen molar-refractivity contribution in [3.63, 3.8) is 0 Å². The normalized spacial score (nSPS) is 10.2. The third-order valence-corrected chi connectivity index (χ3v) is 3.71. The van der Waals surface area contributed by atoms with Gasteiger partial charge in [-0.2, -0.15) is 0 Å². The van der Waals surface area contributed by atoms with Gasteiger partial charge in [0.15, 0.2) is 0 Å². The summed E-state index contributed by atoms with van der Waals surface area (Å²) in [6, 6.07) is 11.8. The number of ether oxygens (including phenoxy) is 1. The summed E-state index contributed by atoms with van der Waals surface area (Å²) in [4.78, 5) is 25.8. The van der Waals surface area contributed by atoms with E-state index < -0.39 is 0 Å². The largest absolute Gasteiger partial charge is 0.493 e. The van der Waals surface area contributed by atoms with E-state index in [1.807, 2.05) is 36.5 Å². The lowest BCUT2D eigenvalue weighted by Gasteiger charge is -2.07. The highest BCUT2D eigenvalue weighted by atomic mass is 16.5. The van der Waals surface area contributed by atoms with Gasteiger partial charge >= 0.3 is 0 Å². The summed E-state index contributed by atoms with van der Waals surface area (Å²) in [7, 11) is 0. The summed E-state index contributed by atoms with van der Waals surface area (Å²) in [5, 5.41) is 2.13. The van der Waals surface area contributed by atoms with Gasteiger partial charge < -0.3 is 4.74 Å². The molecule has 0 fully saturated rings. The van der Waals surface area contributed by atoms with Crippen molar-refractivity contribution in [2.45, 2.75) is 32.6 Å². The van der Waals surface area contributed by atoms with Crippen molar-refractivity contribution in [3.8, 4) is 5.75 Å². The lowest BCUT2D eigenvalue weighted by molar-refractivity contribution is -0.125. The van der Waals surface area contributed by atoms with Crippen LogP contribution in [0.1, 0.15) is 30.2 Å². The van der Waals surface area contributed by atoms with Crippen LogP contribution < -0.4 is 10.1 Å². The molecule has 126 valence electrons. The molecule has 2 aromatic rings. The maximum absolute atomic E-state index is 11.2. The van der Waals surface area contributed by atoms with Crippen LogP contribution in [0.5, 0.6) is 5.75 Å².